The van der Waals surface area contributed by atoms with Crippen molar-refractivity contribution in [1.82, 2.24) is 9.80 Å². The molecule has 0 aromatic rings. The predicted octanol–water partition coefficient (Wildman–Crippen LogP) is 1.30. The average molecular weight is 269 g/mol. The van der Waals surface area contributed by atoms with E-state index in [-0.39, 0.29) is 5.54 Å². The third-order valence-electron chi connectivity index (χ3n) is 5.05. The summed E-state index contributed by atoms with van der Waals surface area (Å²) in [7, 11) is 2.22. The molecule has 2 N–H and O–H groups in total. The van der Waals surface area contributed by atoms with E-state index in [9.17, 15) is 0 Å². The molecule has 2 fully saturated rings. The van der Waals surface area contributed by atoms with Crippen LogP contribution in [0.5, 0.6) is 0 Å². The van der Waals surface area contributed by atoms with Gasteiger partial charge in [0.05, 0.1) is 12.7 Å². The van der Waals surface area contributed by atoms with Crippen LogP contribution in [0.1, 0.15) is 39.5 Å². The van der Waals surface area contributed by atoms with Gasteiger partial charge in [-0.15, -0.1) is 0 Å². The SMILES string of the molecule is CC(C)OCCN(C)C1(CN)CCN2CCCC2C1. The molecule has 112 valence electrons. The standard InChI is InChI=1S/C15H31N3O/c1-13(2)19-10-9-17(3)15(12-16)6-8-18-7-4-5-14(18)11-15/h13-14H,4-12,16H2,1-3H3. The Bertz CT molecular complexity index is 285. The third kappa shape index (κ3) is 3.48. The Kier molecular flexibility index (Phi) is 5.23. The van der Waals surface area contributed by atoms with Crippen molar-refractivity contribution >= 4 is 0 Å². The van der Waals surface area contributed by atoms with Crippen LogP contribution >= 0.6 is 0 Å². The van der Waals surface area contributed by atoms with Crippen LogP contribution in [0.3, 0.4) is 0 Å². The molecule has 0 radical (unpaired) electrons. The summed E-state index contributed by atoms with van der Waals surface area (Å²) in [5.74, 6) is 0. The van der Waals surface area contributed by atoms with Gasteiger partial charge in [-0.1, -0.05) is 0 Å². The van der Waals surface area contributed by atoms with Crippen LogP contribution in [0.2, 0.25) is 0 Å². The van der Waals surface area contributed by atoms with Crippen molar-refractivity contribution in [1.29, 1.82) is 0 Å². The van der Waals surface area contributed by atoms with E-state index in [0.29, 0.717) is 6.10 Å². The Morgan fingerprint density at radius 1 is 1.42 bits per heavy atom. The molecule has 0 aromatic carbocycles. The van der Waals surface area contributed by atoms with E-state index >= 15 is 0 Å². The first-order valence-corrected chi connectivity index (χ1v) is 7.84. The molecule has 2 saturated heterocycles. The monoisotopic (exact) mass is 269 g/mol. The van der Waals surface area contributed by atoms with Crippen molar-refractivity contribution in [2.45, 2.75) is 57.2 Å². The molecule has 2 heterocycles. The Hall–Kier alpha value is -0.160. The van der Waals surface area contributed by atoms with Gasteiger partial charge < -0.3 is 15.4 Å². The minimum absolute atomic E-state index is 0.200. The van der Waals surface area contributed by atoms with Crippen LogP contribution in [-0.2, 0) is 4.74 Å². The summed E-state index contributed by atoms with van der Waals surface area (Å²) < 4.78 is 5.69. The Morgan fingerprint density at radius 2 is 2.21 bits per heavy atom. The van der Waals surface area contributed by atoms with Crippen LogP contribution < -0.4 is 5.73 Å². The number of nitrogens with zero attached hydrogens (tertiary/aromatic N) is 2. The van der Waals surface area contributed by atoms with Gasteiger partial charge in [0.15, 0.2) is 0 Å². The lowest BCUT2D eigenvalue weighted by molar-refractivity contribution is -0.00255. The van der Waals surface area contributed by atoms with E-state index in [4.69, 9.17) is 10.5 Å². The smallest absolute Gasteiger partial charge is 0.0597 e. The summed E-state index contributed by atoms with van der Waals surface area (Å²) in [6, 6.07) is 0.769. The first-order valence-electron chi connectivity index (χ1n) is 7.84. The quantitative estimate of drug-likeness (QED) is 0.789. The van der Waals surface area contributed by atoms with Gasteiger partial charge in [-0.2, -0.15) is 0 Å². The van der Waals surface area contributed by atoms with Crippen molar-refractivity contribution in [3.63, 3.8) is 0 Å². The molecular formula is C15H31N3O. The topological polar surface area (TPSA) is 41.7 Å². The zero-order chi connectivity index (χ0) is 13.9. The molecule has 0 aromatic heterocycles. The summed E-state index contributed by atoms with van der Waals surface area (Å²) in [6.45, 7) is 9.27. The second-order valence-corrected chi connectivity index (χ2v) is 6.56. The van der Waals surface area contributed by atoms with E-state index in [1.165, 1.54) is 38.8 Å². The third-order valence-corrected chi connectivity index (χ3v) is 5.05. The van der Waals surface area contributed by atoms with Gasteiger partial charge in [0.1, 0.15) is 0 Å². The highest BCUT2D eigenvalue weighted by Gasteiger charge is 2.42. The molecule has 2 rings (SSSR count). The van der Waals surface area contributed by atoms with Crippen molar-refractivity contribution in [3.8, 4) is 0 Å². The molecule has 2 aliphatic rings. The molecule has 0 aliphatic carbocycles. The zero-order valence-electron chi connectivity index (χ0n) is 12.9. The van der Waals surface area contributed by atoms with Crippen molar-refractivity contribution < 1.29 is 4.74 Å². The molecule has 2 atom stereocenters. The molecule has 0 bridgehead atoms. The van der Waals surface area contributed by atoms with Gasteiger partial charge >= 0.3 is 0 Å². The molecule has 4 heteroatoms. The number of hydrogen-bond acceptors (Lipinski definition) is 4. The molecule has 2 unspecified atom stereocenters. The van der Waals surface area contributed by atoms with Crippen molar-refractivity contribution in [2.75, 3.05) is 39.8 Å². The van der Waals surface area contributed by atoms with Crippen LogP contribution in [-0.4, -0.2) is 67.3 Å². The van der Waals surface area contributed by atoms with Crippen LogP contribution in [0.4, 0.5) is 0 Å². The predicted molar refractivity (Wildman–Crippen MR) is 79.3 cm³/mol. The van der Waals surface area contributed by atoms with Crippen LogP contribution in [0.15, 0.2) is 0 Å². The lowest BCUT2D eigenvalue weighted by Crippen LogP contribution is -2.60. The average Bonchev–Trinajstić information content (AvgIpc) is 2.84. The number of piperidine rings is 1. The molecule has 0 spiro atoms. The van der Waals surface area contributed by atoms with E-state index in [0.717, 1.165) is 25.7 Å². The van der Waals surface area contributed by atoms with E-state index in [2.05, 4.69) is 30.7 Å². The number of rotatable bonds is 6. The fourth-order valence-electron chi connectivity index (χ4n) is 3.66. The van der Waals surface area contributed by atoms with Gasteiger partial charge in [-0.25, -0.2) is 0 Å². The summed E-state index contributed by atoms with van der Waals surface area (Å²) in [6.07, 6.45) is 5.49. The first-order chi connectivity index (χ1) is 9.07. The molecule has 0 saturated carbocycles. The van der Waals surface area contributed by atoms with E-state index < -0.39 is 0 Å². The van der Waals surface area contributed by atoms with Gasteiger partial charge in [0, 0.05) is 31.2 Å². The number of likely N-dealkylation sites (N-methyl/N-ethyl adjacent to an activating group) is 1. The maximum absolute atomic E-state index is 6.15. The minimum Gasteiger partial charge on any atom is -0.377 e. The van der Waals surface area contributed by atoms with E-state index in [1.807, 2.05) is 0 Å². The summed E-state index contributed by atoms with van der Waals surface area (Å²) in [5.41, 5.74) is 6.35. The summed E-state index contributed by atoms with van der Waals surface area (Å²) in [4.78, 5) is 5.12. The maximum Gasteiger partial charge on any atom is 0.0597 e. The molecule has 4 nitrogen and oxygen atoms in total. The Labute approximate surface area is 118 Å². The normalized spacial score (nSPS) is 32.2. The van der Waals surface area contributed by atoms with Crippen LogP contribution in [0.25, 0.3) is 0 Å². The lowest BCUT2D eigenvalue weighted by atomic mass is 9.82. The summed E-state index contributed by atoms with van der Waals surface area (Å²) in [5, 5.41) is 0. The van der Waals surface area contributed by atoms with Crippen molar-refractivity contribution in [3.05, 3.63) is 0 Å². The highest BCUT2D eigenvalue weighted by Crippen LogP contribution is 2.35. The molecular weight excluding hydrogens is 238 g/mol. The maximum atomic E-state index is 6.15. The van der Waals surface area contributed by atoms with Crippen molar-refractivity contribution in [2.24, 2.45) is 5.73 Å². The number of ether oxygens (including phenoxy) is 1. The van der Waals surface area contributed by atoms with Gasteiger partial charge in [0.2, 0.25) is 0 Å². The fraction of sp³-hybridized carbons (Fsp3) is 1.00. The summed E-state index contributed by atoms with van der Waals surface area (Å²) >= 11 is 0. The Balaban J connectivity index is 1.90. The van der Waals surface area contributed by atoms with Crippen LogP contribution in [0, 0.1) is 0 Å². The molecule has 19 heavy (non-hydrogen) atoms. The van der Waals surface area contributed by atoms with E-state index in [1.54, 1.807) is 0 Å². The largest absolute Gasteiger partial charge is 0.377 e. The zero-order valence-corrected chi connectivity index (χ0v) is 12.9. The van der Waals surface area contributed by atoms with Gasteiger partial charge in [0.25, 0.3) is 0 Å². The van der Waals surface area contributed by atoms with Gasteiger partial charge in [-0.05, 0) is 53.1 Å². The first kappa shape index (κ1) is 15.2. The van der Waals surface area contributed by atoms with Gasteiger partial charge in [-0.3, -0.25) is 4.90 Å². The molecule has 0 amide bonds. The highest BCUT2D eigenvalue weighted by atomic mass is 16.5. The number of hydrogen-bond donors (Lipinski definition) is 1. The highest BCUT2D eigenvalue weighted by molar-refractivity contribution is 5.01. The minimum atomic E-state index is 0.200. The second kappa shape index (κ2) is 6.53. The fourth-order valence-corrected chi connectivity index (χ4v) is 3.66. The lowest BCUT2D eigenvalue weighted by Gasteiger charge is -2.49. The number of fused-ring (bicyclic) bond motifs is 1. The molecule has 2 aliphatic heterocycles. The second-order valence-electron chi connectivity index (χ2n) is 6.56. The Morgan fingerprint density at radius 3 is 2.89 bits per heavy atom. The number of nitrogens with two attached hydrogens (primary N) is 1.